The predicted octanol–water partition coefficient (Wildman–Crippen LogP) is 3.88. The molecule has 1 aromatic carbocycles. The van der Waals surface area contributed by atoms with Gasteiger partial charge < -0.3 is 9.47 Å². The summed E-state index contributed by atoms with van der Waals surface area (Å²) >= 11 is 0. The zero-order chi connectivity index (χ0) is 17.3. The van der Waals surface area contributed by atoms with E-state index < -0.39 is 10.8 Å². The molecule has 0 amide bonds. The van der Waals surface area contributed by atoms with Crippen molar-refractivity contribution in [3.63, 3.8) is 0 Å². The Hall–Kier alpha value is -1.84. The molecule has 126 valence electrons. The second-order valence-electron chi connectivity index (χ2n) is 6.96. The van der Waals surface area contributed by atoms with Crippen molar-refractivity contribution in [1.82, 2.24) is 0 Å². The number of Topliss-reactive ketones (excluding diaryl/α,β-unsaturated/α-hetero) is 1. The smallest absolute Gasteiger partial charge is 0.312 e. The van der Waals surface area contributed by atoms with Crippen LogP contribution in [-0.4, -0.2) is 25.5 Å². The molecular weight excluding hydrogens is 292 g/mol. The van der Waals surface area contributed by atoms with E-state index in [0.29, 0.717) is 25.0 Å². The number of rotatable bonds is 5. The van der Waals surface area contributed by atoms with Crippen LogP contribution in [0.4, 0.5) is 0 Å². The van der Waals surface area contributed by atoms with Crippen LogP contribution in [0.2, 0.25) is 0 Å². The molecule has 1 fully saturated rings. The van der Waals surface area contributed by atoms with Crippen LogP contribution in [-0.2, 0) is 9.53 Å². The molecule has 1 aliphatic rings. The molecule has 1 aromatic rings. The zero-order valence-electron chi connectivity index (χ0n) is 14.6. The molecule has 1 aliphatic carbocycles. The second-order valence-corrected chi connectivity index (χ2v) is 6.96. The maximum absolute atomic E-state index is 12.9. The fourth-order valence-electron chi connectivity index (χ4n) is 3.57. The lowest BCUT2D eigenvalue weighted by atomic mass is 9.64. The number of ether oxygens (including phenoxy) is 2. The van der Waals surface area contributed by atoms with E-state index in [4.69, 9.17) is 9.47 Å². The summed E-state index contributed by atoms with van der Waals surface area (Å²) in [5, 5.41) is 0. The van der Waals surface area contributed by atoms with Crippen molar-refractivity contribution in [2.24, 2.45) is 16.7 Å². The highest BCUT2D eigenvalue weighted by atomic mass is 16.5. The Morgan fingerprint density at radius 2 is 1.78 bits per heavy atom. The molecule has 0 saturated heterocycles. The first-order valence-corrected chi connectivity index (χ1v) is 8.13. The number of carbonyl (C=O) groups is 2. The number of esters is 1. The summed E-state index contributed by atoms with van der Waals surface area (Å²) in [6.45, 7) is 8.10. The van der Waals surface area contributed by atoms with Crippen molar-refractivity contribution in [2.45, 2.75) is 40.5 Å². The molecule has 0 spiro atoms. The number of hydrogen-bond donors (Lipinski definition) is 0. The van der Waals surface area contributed by atoms with E-state index in [1.54, 1.807) is 31.4 Å². The van der Waals surface area contributed by atoms with Crippen LogP contribution < -0.4 is 4.74 Å². The van der Waals surface area contributed by atoms with Gasteiger partial charge in [0.2, 0.25) is 0 Å². The summed E-state index contributed by atoms with van der Waals surface area (Å²) in [6, 6.07) is 7.16. The molecule has 0 heterocycles. The highest BCUT2D eigenvalue weighted by Gasteiger charge is 2.58. The fraction of sp³-hybridized carbons (Fsp3) is 0.579. The van der Waals surface area contributed by atoms with E-state index in [-0.39, 0.29) is 17.7 Å². The van der Waals surface area contributed by atoms with Crippen molar-refractivity contribution >= 4 is 11.8 Å². The van der Waals surface area contributed by atoms with Crippen molar-refractivity contribution < 1.29 is 19.1 Å². The van der Waals surface area contributed by atoms with Crippen LogP contribution in [0.25, 0.3) is 0 Å². The van der Waals surface area contributed by atoms with E-state index >= 15 is 0 Å². The SMILES string of the molecule is CCOC(=O)[C@@]1(C)CC[C@@H](C(=O)c2ccc(OC)cc2)C1(C)C. The van der Waals surface area contributed by atoms with Crippen molar-refractivity contribution in [3.8, 4) is 5.75 Å². The summed E-state index contributed by atoms with van der Waals surface area (Å²) in [6.07, 6.45) is 1.37. The molecule has 4 heteroatoms. The highest BCUT2D eigenvalue weighted by Crippen LogP contribution is 2.57. The maximum Gasteiger partial charge on any atom is 0.312 e. The van der Waals surface area contributed by atoms with Crippen molar-refractivity contribution in [1.29, 1.82) is 0 Å². The Balaban J connectivity index is 2.26. The first kappa shape index (κ1) is 17.5. The standard InChI is InChI=1S/C19H26O4/c1-6-23-17(21)19(4)12-11-15(18(19,2)3)16(20)13-7-9-14(22-5)10-8-13/h7-10,15H,6,11-12H2,1-5H3/t15-,19+/m0/s1. The van der Waals surface area contributed by atoms with Gasteiger partial charge in [-0.2, -0.15) is 0 Å². The molecule has 2 atom stereocenters. The third-order valence-corrected chi connectivity index (χ3v) is 5.64. The van der Waals surface area contributed by atoms with E-state index in [9.17, 15) is 9.59 Å². The topological polar surface area (TPSA) is 52.6 Å². The third-order valence-electron chi connectivity index (χ3n) is 5.64. The van der Waals surface area contributed by atoms with Gasteiger partial charge in [-0.05, 0) is 56.4 Å². The van der Waals surface area contributed by atoms with Crippen LogP contribution in [0.15, 0.2) is 24.3 Å². The fourth-order valence-corrected chi connectivity index (χ4v) is 3.57. The number of benzene rings is 1. The average molecular weight is 318 g/mol. The third kappa shape index (κ3) is 2.87. The van der Waals surface area contributed by atoms with Gasteiger partial charge in [0.05, 0.1) is 19.1 Å². The van der Waals surface area contributed by atoms with E-state index in [2.05, 4.69) is 0 Å². The van der Waals surface area contributed by atoms with Gasteiger partial charge in [-0.15, -0.1) is 0 Å². The second kappa shape index (κ2) is 6.34. The molecule has 1 saturated carbocycles. The van der Waals surface area contributed by atoms with Crippen LogP contribution in [0, 0.1) is 16.7 Å². The summed E-state index contributed by atoms with van der Waals surface area (Å²) in [4.78, 5) is 25.4. The molecular formula is C19H26O4. The van der Waals surface area contributed by atoms with Gasteiger partial charge in [0.25, 0.3) is 0 Å². The lowest BCUT2D eigenvalue weighted by Crippen LogP contribution is -2.43. The Labute approximate surface area is 138 Å². The van der Waals surface area contributed by atoms with E-state index in [1.807, 2.05) is 27.7 Å². The minimum absolute atomic E-state index is 0.0886. The summed E-state index contributed by atoms with van der Waals surface area (Å²) < 4.78 is 10.4. The first-order valence-electron chi connectivity index (χ1n) is 8.13. The van der Waals surface area contributed by atoms with Crippen molar-refractivity contribution in [3.05, 3.63) is 29.8 Å². The largest absolute Gasteiger partial charge is 0.497 e. The zero-order valence-corrected chi connectivity index (χ0v) is 14.6. The van der Waals surface area contributed by atoms with Gasteiger partial charge in [0, 0.05) is 11.5 Å². The minimum Gasteiger partial charge on any atom is -0.497 e. The van der Waals surface area contributed by atoms with Crippen LogP contribution in [0.5, 0.6) is 5.75 Å². The number of carbonyl (C=O) groups excluding carboxylic acids is 2. The van der Waals surface area contributed by atoms with Gasteiger partial charge in [0.1, 0.15) is 5.75 Å². The van der Waals surface area contributed by atoms with Crippen LogP contribution in [0.1, 0.15) is 50.9 Å². The molecule has 4 nitrogen and oxygen atoms in total. The molecule has 0 unspecified atom stereocenters. The molecule has 0 aromatic heterocycles. The molecule has 0 bridgehead atoms. The van der Waals surface area contributed by atoms with Gasteiger partial charge in [0.15, 0.2) is 5.78 Å². The summed E-state index contributed by atoms with van der Waals surface area (Å²) in [5.74, 6) is 0.426. The van der Waals surface area contributed by atoms with Crippen molar-refractivity contribution in [2.75, 3.05) is 13.7 Å². The molecule has 23 heavy (non-hydrogen) atoms. The van der Waals surface area contributed by atoms with Crippen LogP contribution in [0.3, 0.4) is 0 Å². The number of ketones is 1. The lowest BCUT2D eigenvalue weighted by molar-refractivity contribution is -0.160. The van der Waals surface area contributed by atoms with E-state index in [1.165, 1.54) is 0 Å². The number of hydrogen-bond acceptors (Lipinski definition) is 4. The Bertz CT molecular complexity index is 588. The molecule has 0 aliphatic heterocycles. The monoisotopic (exact) mass is 318 g/mol. The Morgan fingerprint density at radius 3 is 2.30 bits per heavy atom. The quantitative estimate of drug-likeness (QED) is 0.610. The lowest BCUT2D eigenvalue weighted by Gasteiger charge is -2.39. The maximum atomic E-state index is 12.9. The Morgan fingerprint density at radius 1 is 1.17 bits per heavy atom. The predicted molar refractivity (Wildman–Crippen MR) is 88.6 cm³/mol. The molecule has 0 N–H and O–H groups in total. The summed E-state index contributed by atoms with van der Waals surface area (Å²) in [5.41, 5.74) is -0.413. The first-order chi connectivity index (χ1) is 10.8. The average Bonchev–Trinajstić information content (AvgIpc) is 2.78. The summed E-state index contributed by atoms with van der Waals surface area (Å²) in [7, 11) is 1.60. The normalized spacial score (nSPS) is 25.9. The number of methoxy groups -OCH3 is 1. The molecule has 0 radical (unpaired) electrons. The van der Waals surface area contributed by atoms with Gasteiger partial charge >= 0.3 is 5.97 Å². The van der Waals surface area contributed by atoms with Gasteiger partial charge in [-0.25, -0.2) is 0 Å². The minimum atomic E-state index is -0.629. The van der Waals surface area contributed by atoms with Gasteiger partial charge in [-0.3, -0.25) is 9.59 Å². The van der Waals surface area contributed by atoms with Gasteiger partial charge in [-0.1, -0.05) is 13.8 Å². The Kier molecular flexibility index (Phi) is 4.83. The van der Waals surface area contributed by atoms with E-state index in [0.717, 1.165) is 5.75 Å². The highest BCUT2D eigenvalue weighted by molar-refractivity contribution is 5.99. The van der Waals surface area contributed by atoms with Crippen LogP contribution >= 0.6 is 0 Å². The molecule has 2 rings (SSSR count).